The lowest BCUT2D eigenvalue weighted by Crippen LogP contribution is -2.48. The van der Waals surface area contributed by atoms with Gasteiger partial charge in [0.2, 0.25) is 0 Å². The number of nitrogens with zero attached hydrogens (tertiary/aromatic N) is 1. The summed E-state index contributed by atoms with van der Waals surface area (Å²) in [6, 6.07) is 0.690. The van der Waals surface area contributed by atoms with Crippen LogP contribution in [0, 0.1) is 0 Å². The average molecular weight is 202 g/mol. The van der Waals surface area contributed by atoms with E-state index < -0.39 is 0 Å². The minimum atomic E-state index is -0.241. The number of rotatable bonds is 5. The summed E-state index contributed by atoms with van der Waals surface area (Å²) < 4.78 is 5.07. The number of hydrogen-bond donors (Lipinski definition) is 2. The molecule has 1 fully saturated rings. The fourth-order valence-corrected chi connectivity index (χ4v) is 1.99. The molecule has 1 aliphatic rings. The van der Waals surface area contributed by atoms with Crippen LogP contribution in [-0.4, -0.2) is 61.5 Å². The van der Waals surface area contributed by atoms with Crippen LogP contribution in [0.25, 0.3) is 0 Å². The number of aliphatic hydroxyl groups is 1. The zero-order chi connectivity index (χ0) is 10.6. The van der Waals surface area contributed by atoms with Gasteiger partial charge in [-0.05, 0) is 13.8 Å². The van der Waals surface area contributed by atoms with Crippen molar-refractivity contribution in [3.05, 3.63) is 0 Å². The molecule has 1 heterocycles. The number of aliphatic hydroxyl groups excluding tert-OH is 1. The van der Waals surface area contributed by atoms with Crippen LogP contribution in [0.4, 0.5) is 0 Å². The second-order valence-corrected chi connectivity index (χ2v) is 4.12. The van der Waals surface area contributed by atoms with Gasteiger partial charge in [0.05, 0.1) is 12.7 Å². The first-order valence-corrected chi connectivity index (χ1v) is 5.30. The average Bonchev–Trinajstić information content (AvgIpc) is 2.52. The summed E-state index contributed by atoms with van der Waals surface area (Å²) in [4.78, 5) is 2.30. The van der Waals surface area contributed by atoms with Gasteiger partial charge in [-0.2, -0.15) is 0 Å². The molecule has 0 bridgehead atoms. The van der Waals surface area contributed by atoms with Crippen molar-refractivity contribution in [2.24, 2.45) is 0 Å². The third-order valence-corrected chi connectivity index (χ3v) is 2.79. The largest absolute Gasteiger partial charge is 0.390 e. The predicted octanol–water partition coefficient (Wildman–Crippen LogP) is -0.324. The maximum atomic E-state index is 9.76. The molecular weight excluding hydrogens is 180 g/mol. The molecule has 0 aromatic rings. The van der Waals surface area contributed by atoms with Crippen molar-refractivity contribution >= 4 is 0 Å². The van der Waals surface area contributed by atoms with Crippen LogP contribution in [0.5, 0.6) is 0 Å². The fourth-order valence-electron chi connectivity index (χ4n) is 1.99. The van der Waals surface area contributed by atoms with Crippen LogP contribution >= 0.6 is 0 Å². The van der Waals surface area contributed by atoms with E-state index in [1.54, 1.807) is 7.11 Å². The predicted molar refractivity (Wildman–Crippen MR) is 56.4 cm³/mol. The van der Waals surface area contributed by atoms with Gasteiger partial charge < -0.3 is 15.2 Å². The van der Waals surface area contributed by atoms with E-state index in [1.807, 2.05) is 0 Å². The van der Waals surface area contributed by atoms with Gasteiger partial charge in [-0.3, -0.25) is 4.90 Å². The molecule has 0 saturated carbocycles. The normalized spacial score (nSPS) is 27.9. The van der Waals surface area contributed by atoms with Crippen LogP contribution in [-0.2, 0) is 4.74 Å². The highest BCUT2D eigenvalue weighted by Crippen LogP contribution is 2.12. The minimum absolute atomic E-state index is 0.241. The molecule has 0 aromatic carbocycles. The number of hydrogen-bond acceptors (Lipinski definition) is 4. The second-order valence-electron chi connectivity index (χ2n) is 4.12. The lowest BCUT2D eigenvalue weighted by atomic mass is 10.1. The van der Waals surface area contributed by atoms with Crippen molar-refractivity contribution in [2.45, 2.75) is 32.0 Å². The summed E-state index contributed by atoms with van der Waals surface area (Å²) in [7, 11) is 1.71. The zero-order valence-corrected chi connectivity index (χ0v) is 9.36. The van der Waals surface area contributed by atoms with Gasteiger partial charge >= 0.3 is 0 Å². The molecule has 14 heavy (non-hydrogen) atoms. The van der Waals surface area contributed by atoms with E-state index in [2.05, 4.69) is 24.1 Å². The Labute approximate surface area is 86.2 Å². The molecule has 0 radical (unpaired) electrons. The Kier molecular flexibility index (Phi) is 4.81. The molecule has 4 heteroatoms. The first kappa shape index (κ1) is 11.9. The van der Waals surface area contributed by atoms with Crippen molar-refractivity contribution in [3.8, 4) is 0 Å². The lowest BCUT2D eigenvalue weighted by molar-refractivity contribution is 0.0433. The van der Waals surface area contributed by atoms with Crippen molar-refractivity contribution in [1.82, 2.24) is 10.2 Å². The van der Waals surface area contributed by atoms with E-state index in [9.17, 15) is 5.11 Å². The van der Waals surface area contributed by atoms with E-state index in [4.69, 9.17) is 4.74 Å². The molecule has 0 amide bonds. The summed E-state index contributed by atoms with van der Waals surface area (Å²) in [5.41, 5.74) is 0. The fraction of sp³-hybridized carbons (Fsp3) is 1.00. The van der Waals surface area contributed by atoms with Crippen LogP contribution in [0.15, 0.2) is 0 Å². The quantitative estimate of drug-likeness (QED) is 0.641. The summed E-state index contributed by atoms with van der Waals surface area (Å²) in [6.07, 6.45) is -0.241. The van der Waals surface area contributed by atoms with Crippen molar-refractivity contribution in [2.75, 3.05) is 33.4 Å². The maximum Gasteiger partial charge on any atom is 0.0831 e. The van der Waals surface area contributed by atoms with E-state index in [-0.39, 0.29) is 12.1 Å². The molecular formula is C10H22N2O2. The van der Waals surface area contributed by atoms with Gasteiger partial charge in [0.25, 0.3) is 0 Å². The highest BCUT2D eigenvalue weighted by Gasteiger charge is 2.31. The molecule has 0 aromatic heterocycles. The standard InChI is InChI=1S/C10H22N2O2/c1-8(2)12(4-5-14-3)9-6-11-7-10(9)13/h8-11,13H,4-7H2,1-3H3. The summed E-state index contributed by atoms with van der Waals surface area (Å²) >= 11 is 0. The molecule has 1 saturated heterocycles. The van der Waals surface area contributed by atoms with Crippen LogP contribution < -0.4 is 5.32 Å². The molecule has 2 atom stereocenters. The van der Waals surface area contributed by atoms with Gasteiger partial charge in [-0.15, -0.1) is 0 Å². The monoisotopic (exact) mass is 202 g/mol. The van der Waals surface area contributed by atoms with Gasteiger partial charge in [0.15, 0.2) is 0 Å². The summed E-state index contributed by atoms with van der Waals surface area (Å²) in [5.74, 6) is 0. The van der Waals surface area contributed by atoms with Crippen molar-refractivity contribution in [1.29, 1.82) is 0 Å². The molecule has 84 valence electrons. The van der Waals surface area contributed by atoms with Gasteiger partial charge in [-0.1, -0.05) is 0 Å². The Balaban J connectivity index is 2.48. The highest BCUT2D eigenvalue weighted by molar-refractivity contribution is 4.89. The Morgan fingerprint density at radius 2 is 2.21 bits per heavy atom. The molecule has 0 spiro atoms. The smallest absolute Gasteiger partial charge is 0.0831 e. The van der Waals surface area contributed by atoms with Crippen LogP contribution in [0.2, 0.25) is 0 Å². The number of β-amino-alcohol motifs (C(OH)–C–C–N with tert-alkyl or cyclic N) is 1. The Morgan fingerprint density at radius 3 is 2.64 bits per heavy atom. The molecule has 1 aliphatic heterocycles. The maximum absolute atomic E-state index is 9.76. The number of methoxy groups -OCH3 is 1. The minimum Gasteiger partial charge on any atom is -0.390 e. The van der Waals surface area contributed by atoms with Crippen molar-refractivity contribution < 1.29 is 9.84 Å². The first-order valence-electron chi connectivity index (χ1n) is 5.30. The second kappa shape index (κ2) is 5.66. The highest BCUT2D eigenvalue weighted by atomic mass is 16.5. The number of nitrogens with one attached hydrogen (secondary N) is 1. The van der Waals surface area contributed by atoms with Crippen molar-refractivity contribution in [3.63, 3.8) is 0 Å². The Morgan fingerprint density at radius 1 is 1.50 bits per heavy atom. The SMILES string of the molecule is COCCN(C(C)C)C1CNCC1O. The van der Waals surface area contributed by atoms with Gasteiger partial charge in [-0.25, -0.2) is 0 Å². The van der Waals surface area contributed by atoms with E-state index in [1.165, 1.54) is 0 Å². The molecule has 0 aliphatic carbocycles. The van der Waals surface area contributed by atoms with E-state index >= 15 is 0 Å². The summed E-state index contributed by atoms with van der Waals surface area (Å²) in [5, 5.41) is 13.0. The topological polar surface area (TPSA) is 44.7 Å². The first-order chi connectivity index (χ1) is 6.66. The van der Waals surface area contributed by atoms with E-state index in [0.717, 1.165) is 19.7 Å². The van der Waals surface area contributed by atoms with Crippen LogP contribution in [0.3, 0.4) is 0 Å². The molecule has 1 rings (SSSR count). The van der Waals surface area contributed by atoms with Gasteiger partial charge in [0, 0.05) is 38.8 Å². The molecule has 4 nitrogen and oxygen atoms in total. The third-order valence-electron chi connectivity index (χ3n) is 2.79. The molecule has 2 unspecified atom stereocenters. The number of ether oxygens (including phenoxy) is 1. The van der Waals surface area contributed by atoms with E-state index in [0.29, 0.717) is 12.6 Å². The third kappa shape index (κ3) is 2.92. The molecule has 2 N–H and O–H groups in total. The van der Waals surface area contributed by atoms with Crippen LogP contribution in [0.1, 0.15) is 13.8 Å². The summed E-state index contributed by atoms with van der Waals surface area (Å²) in [6.45, 7) is 7.50. The zero-order valence-electron chi connectivity index (χ0n) is 9.36. The van der Waals surface area contributed by atoms with Gasteiger partial charge in [0.1, 0.15) is 0 Å². The lowest BCUT2D eigenvalue weighted by Gasteiger charge is -2.33. The Hall–Kier alpha value is -0.160. The Bertz CT molecular complexity index is 164.